The van der Waals surface area contributed by atoms with E-state index in [0.29, 0.717) is 17.5 Å². The van der Waals surface area contributed by atoms with Gasteiger partial charge in [-0.3, -0.25) is 0 Å². The van der Waals surface area contributed by atoms with Crippen LogP contribution in [0.15, 0.2) is 18.2 Å². The Balaban J connectivity index is 2.58. The van der Waals surface area contributed by atoms with Crippen LogP contribution in [-0.4, -0.2) is 22.7 Å². The molecule has 104 valence electrons. The van der Waals surface area contributed by atoms with Crippen molar-refractivity contribution >= 4 is 11.7 Å². The highest BCUT2D eigenvalue weighted by molar-refractivity contribution is 5.89. The molecule has 0 unspecified atom stereocenters. The fourth-order valence-electron chi connectivity index (χ4n) is 3.56. The molecule has 0 aromatic heterocycles. The van der Waals surface area contributed by atoms with Crippen LogP contribution in [-0.2, 0) is 0 Å². The first kappa shape index (κ1) is 13.9. The van der Waals surface area contributed by atoms with Crippen LogP contribution in [0.4, 0.5) is 5.69 Å². The van der Waals surface area contributed by atoms with Crippen LogP contribution < -0.4 is 4.90 Å². The van der Waals surface area contributed by atoms with Crippen molar-refractivity contribution in [2.75, 3.05) is 4.90 Å². The van der Waals surface area contributed by atoms with E-state index in [9.17, 15) is 4.79 Å². The number of nitrogens with zero attached hydrogens (tertiary/aromatic N) is 1. The number of hydrogen-bond donors (Lipinski definition) is 1. The Morgan fingerprint density at radius 3 is 2.58 bits per heavy atom. The molecule has 0 amide bonds. The topological polar surface area (TPSA) is 40.5 Å². The maximum Gasteiger partial charge on any atom is 0.335 e. The Morgan fingerprint density at radius 1 is 1.42 bits per heavy atom. The van der Waals surface area contributed by atoms with Crippen molar-refractivity contribution in [2.24, 2.45) is 0 Å². The second-order valence-electron chi connectivity index (χ2n) is 6.46. The molecule has 2 rings (SSSR count). The van der Waals surface area contributed by atoms with Crippen molar-refractivity contribution in [2.45, 2.75) is 58.5 Å². The summed E-state index contributed by atoms with van der Waals surface area (Å²) in [6.45, 7) is 11.1. The third-order valence-electron chi connectivity index (χ3n) is 4.04. The second-order valence-corrected chi connectivity index (χ2v) is 6.46. The Morgan fingerprint density at radius 2 is 2.05 bits per heavy atom. The molecular weight excluding hydrogens is 238 g/mol. The van der Waals surface area contributed by atoms with Crippen LogP contribution in [0.3, 0.4) is 0 Å². The standard InChI is InChI=1S/C16H23NO2/c1-10(2)17-14-7-6-12(15(18)19)8-13(14)11(3)9-16(17,4)5/h6-8,10-11H,9H2,1-5H3,(H,18,19)/t11-/m0/s1. The van der Waals surface area contributed by atoms with Gasteiger partial charge in [-0.05, 0) is 63.8 Å². The largest absolute Gasteiger partial charge is 0.478 e. The maximum absolute atomic E-state index is 11.1. The van der Waals surface area contributed by atoms with Gasteiger partial charge in [-0.25, -0.2) is 4.79 Å². The van der Waals surface area contributed by atoms with E-state index < -0.39 is 5.97 Å². The van der Waals surface area contributed by atoms with Crippen LogP contribution in [0, 0.1) is 0 Å². The number of rotatable bonds is 2. The Labute approximate surface area is 115 Å². The smallest absolute Gasteiger partial charge is 0.335 e. The molecule has 0 spiro atoms. The van der Waals surface area contributed by atoms with E-state index in [1.807, 2.05) is 12.1 Å². The quantitative estimate of drug-likeness (QED) is 0.878. The molecule has 19 heavy (non-hydrogen) atoms. The van der Waals surface area contributed by atoms with Gasteiger partial charge in [-0.1, -0.05) is 6.92 Å². The number of benzene rings is 1. The van der Waals surface area contributed by atoms with Gasteiger partial charge in [0.2, 0.25) is 0 Å². The van der Waals surface area contributed by atoms with Gasteiger partial charge in [0.1, 0.15) is 0 Å². The molecule has 0 bridgehead atoms. The molecule has 1 N–H and O–H groups in total. The minimum atomic E-state index is -0.851. The number of anilines is 1. The molecule has 1 atom stereocenters. The monoisotopic (exact) mass is 261 g/mol. The number of hydrogen-bond acceptors (Lipinski definition) is 2. The SMILES string of the molecule is CC(C)N1c2ccc(C(=O)O)cc2[C@@H](C)CC1(C)C. The second kappa shape index (κ2) is 4.55. The number of carboxylic acid groups (broad SMARTS) is 1. The van der Waals surface area contributed by atoms with E-state index in [1.54, 1.807) is 6.07 Å². The van der Waals surface area contributed by atoms with Crippen molar-refractivity contribution in [3.8, 4) is 0 Å². The van der Waals surface area contributed by atoms with Crippen LogP contribution in [0.2, 0.25) is 0 Å². The van der Waals surface area contributed by atoms with E-state index in [-0.39, 0.29) is 5.54 Å². The van der Waals surface area contributed by atoms with Crippen LogP contribution in [0.1, 0.15) is 62.9 Å². The zero-order valence-electron chi connectivity index (χ0n) is 12.4. The molecule has 0 fully saturated rings. The summed E-state index contributed by atoms with van der Waals surface area (Å²) >= 11 is 0. The van der Waals surface area contributed by atoms with Crippen molar-refractivity contribution in [3.05, 3.63) is 29.3 Å². The van der Waals surface area contributed by atoms with Gasteiger partial charge in [0.15, 0.2) is 0 Å². The summed E-state index contributed by atoms with van der Waals surface area (Å²) in [4.78, 5) is 13.5. The van der Waals surface area contributed by atoms with E-state index in [2.05, 4.69) is 39.5 Å². The van der Waals surface area contributed by atoms with E-state index >= 15 is 0 Å². The summed E-state index contributed by atoms with van der Waals surface area (Å²) in [7, 11) is 0. The third-order valence-corrected chi connectivity index (χ3v) is 4.04. The van der Waals surface area contributed by atoms with Crippen molar-refractivity contribution in [1.29, 1.82) is 0 Å². The summed E-state index contributed by atoms with van der Waals surface area (Å²) in [6.07, 6.45) is 1.04. The zero-order valence-corrected chi connectivity index (χ0v) is 12.4. The first-order valence-corrected chi connectivity index (χ1v) is 6.90. The molecule has 0 saturated carbocycles. The van der Waals surface area contributed by atoms with Crippen LogP contribution >= 0.6 is 0 Å². The molecule has 1 aliphatic rings. The lowest BCUT2D eigenvalue weighted by molar-refractivity contribution is 0.0696. The maximum atomic E-state index is 11.1. The molecular formula is C16H23NO2. The van der Waals surface area contributed by atoms with Crippen molar-refractivity contribution < 1.29 is 9.90 Å². The van der Waals surface area contributed by atoms with Gasteiger partial charge >= 0.3 is 5.97 Å². The van der Waals surface area contributed by atoms with Crippen LogP contribution in [0.5, 0.6) is 0 Å². The molecule has 3 heteroatoms. The average molecular weight is 261 g/mol. The predicted octanol–water partition coefficient (Wildman–Crippen LogP) is 3.89. The molecule has 1 heterocycles. The lowest BCUT2D eigenvalue weighted by Crippen LogP contribution is -2.51. The minimum Gasteiger partial charge on any atom is -0.478 e. The molecule has 1 aliphatic heterocycles. The predicted molar refractivity (Wildman–Crippen MR) is 78.1 cm³/mol. The fourth-order valence-corrected chi connectivity index (χ4v) is 3.56. The van der Waals surface area contributed by atoms with Crippen LogP contribution in [0.25, 0.3) is 0 Å². The first-order valence-electron chi connectivity index (χ1n) is 6.90. The van der Waals surface area contributed by atoms with Gasteiger partial charge in [-0.2, -0.15) is 0 Å². The highest BCUT2D eigenvalue weighted by atomic mass is 16.4. The summed E-state index contributed by atoms with van der Waals surface area (Å²) in [5.41, 5.74) is 2.83. The molecule has 0 saturated heterocycles. The molecule has 1 aromatic carbocycles. The van der Waals surface area contributed by atoms with Crippen molar-refractivity contribution in [3.63, 3.8) is 0 Å². The normalized spacial score (nSPS) is 21.4. The Bertz CT molecular complexity index is 505. The van der Waals surface area contributed by atoms with Gasteiger partial charge in [0.05, 0.1) is 5.56 Å². The molecule has 0 aliphatic carbocycles. The fraction of sp³-hybridized carbons (Fsp3) is 0.562. The highest BCUT2D eigenvalue weighted by Gasteiger charge is 2.37. The zero-order chi connectivity index (χ0) is 14.4. The number of fused-ring (bicyclic) bond motifs is 1. The molecule has 3 nitrogen and oxygen atoms in total. The summed E-state index contributed by atoms with van der Waals surface area (Å²) in [5.74, 6) is -0.463. The number of aromatic carboxylic acids is 1. The van der Waals surface area contributed by atoms with Gasteiger partial charge in [0.25, 0.3) is 0 Å². The Hall–Kier alpha value is -1.51. The minimum absolute atomic E-state index is 0.103. The highest BCUT2D eigenvalue weighted by Crippen LogP contribution is 2.44. The first-order chi connectivity index (χ1) is 8.74. The average Bonchev–Trinajstić information content (AvgIpc) is 2.26. The lowest BCUT2D eigenvalue weighted by atomic mass is 9.79. The summed E-state index contributed by atoms with van der Waals surface area (Å²) in [5, 5.41) is 9.14. The number of carboxylic acids is 1. The van der Waals surface area contributed by atoms with E-state index in [4.69, 9.17) is 5.11 Å². The summed E-state index contributed by atoms with van der Waals surface area (Å²) in [6, 6.07) is 5.92. The molecule has 0 radical (unpaired) electrons. The van der Waals surface area contributed by atoms with Gasteiger partial charge in [-0.15, -0.1) is 0 Å². The third kappa shape index (κ3) is 2.34. The number of carbonyl (C=O) groups is 1. The van der Waals surface area contributed by atoms with Gasteiger partial charge < -0.3 is 10.0 Å². The van der Waals surface area contributed by atoms with E-state index in [0.717, 1.165) is 12.0 Å². The Kier molecular flexibility index (Phi) is 3.33. The van der Waals surface area contributed by atoms with Crippen molar-refractivity contribution in [1.82, 2.24) is 0 Å². The molecule has 1 aromatic rings. The lowest BCUT2D eigenvalue weighted by Gasteiger charge is -2.50. The van der Waals surface area contributed by atoms with E-state index in [1.165, 1.54) is 5.69 Å². The summed E-state index contributed by atoms with van der Waals surface area (Å²) < 4.78 is 0. The van der Waals surface area contributed by atoms with Gasteiger partial charge in [0, 0.05) is 17.3 Å².